The molecule has 0 fully saturated rings. The van der Waals surface area contributed by atoms with Crippen LogP contribution in [-0.2, 0) is 22.4 Å². The summed E-state index contributed by atoms with van der Waals surface area (Å²) in [4.78, 5) is 24.7. The summed E-state index contributed by atoms with van der Waals surface area (Å²) in [6, 6.07) is 0.269. The van der Waals surface area contributed by atoms with E-state index in [1.54, 1.807) is 6.92 Å². The van der Waals surface area contributed by atoms with E-state index < -0.39 is 0 Å². The maximum Gasteiger partial charge on any atom is 0.322 e. The molecule has 2 aromatic rings. The molecule has 0 spiro atoms. The zero-order valence-corrected chi connectivity index (χ0v) is 18.2. The van der Waals surface area contributed by atoms with E-state index in [4.69, 9.17) is 14.2 Å². The Bertz CT molecular complexity index is 796. The van der Waals surface area contributed by atoms with E-state index in [1.807, 2.05) is 0 Å². The van der Waals surface area contributed by atoms with Crippen LogP contribution < -0.4 is 9.47 Å². The summed E-state index contributed by atoms with van der Waals surface area (Å²) in [6.45, 7) is 4.39. The van der Waals surface area contributed by atoms with Crippen molar-refractivity contribution in [2.24, 2.45) is 0 Å². The normalized spacial score (nSPS) is 10.7. The second kappa shape index (κ2) is 12.6. The molecule has 0 atom stereocenters. The molecule has 0 amide bonds. The number of methoxy groups -OCH3 is 2. The van der Waals surface area contributed by atoms with Gasteiger partial charge in [-0.15, -0.1) is 15.2 Å². The number of hydrogen-bond acceptors (Lipinski definition) is 10. The van der Waals surface area contributed by atoms with Crippen LogP contribution in [0.3, 0.4) is 0 Å². The van der Waals surface area contributed by atoms with E-state index in [1.165, 1.54) is 39.9 Å². The van der Waals surface area contributed by atoms with E-state index in [0.717, 1.165) is 12.8 Å². The number of unbranched alkanes of at least 4 members (excludes halogenated alkanes) is 5. The summed E-state index contributed by atoms with van der Waals surface area (Å²) in [6.07, 6.45) is 7.11. The fourth-order valence-electron chi connectivity index (χ4n) is 2.90. The van der Waals surface area contributed by atoms with E-state index in [2.05, 4.69) is 37.3 Å². The molecule has 0 unspecified atom stereocenters. The predicted octanol–water partition coefficient (Wildman–Crippen LogP) is 2.42. The first-order valence-corrected chi connectivity index (χ1v) is 10.2. The molecular formula is C20H30N6O4. The zero-order chi connectivity index (χ0) is 21.8. The molecule has 2 aromatic heterocycles. The van der Waals surface area contributed by atoms with Crippen molar-refractivity contribution < 1.29 is 19.0 Å². The van der Waals surface area contributed by atoms with Crippen LogP contribution >= 0.6 is 0 Å². The van der Waals surface area contributed by atoms with E-state index in [-0.39, 0.29) is 30.8 Å². The van der Waals surface area contributed by atoms with Gasteiger partial charge >= 0.3 is 18.0 Å². The highest BCUT2D eigenvalue weighted by atomic mass is 16.5. The molecule has 0 radical (unpaired) electrons. The molecule has 0 aromatic carbocycles. The Balaban J connectivity index is 1.99. The topological polar surface area (TPSA) is 122 Å². The smallest absolute Gasteiger partial charge is 0.322 e. The number of hydrogen-bond donors (Lipinski definition) is 0. The van der Waals surface area contributed by atoms with Crippen LogP contribution in [0.25, 0.3) is 0 Å². The second-order valence-corrected chi connectivity index (χ2v) is 6.87. The van der Waals surface area contributed by atoms with Crippen molar-refractivity contribution >= 4 is 5.97 Å². The molecule has 2 heterocycles. The van der Waals surface area contributed by atoms with Crippen LogP contribution in [0.2, 0.25) is 0 Å². The molecule has 0 saturated carbocycles. The lowest BCUT2D eigenvalue weighted by atomic mass is 10.1. The molecular weight excluding hydrogens is 388 g/mol. The van der Waals surface area contributed by atoms with Crippen LogP contribution in [0.5, 0.6) is 12.0 Å². The lowest BCUT2D eigenvalue weighted by molar-refractivity contribution is -0.143. The maximum absolute atomic E-state index is 12.3. The van der Waals surface area contributed by atoms with Gasteiger partial charge in [0.15, 0.2) is 0 Å². The average molecular weight is 418 g/mol. The highest BCUT2D eigenvalue weighted by Crippen LogP contribution is 2.16. The highest BCUT2D eigenvalue weighted by molar-refractivity contribution is 5.73. The molecule has 0 N–H and O–H groups in total. The molecule has 0 aliphatic rings. The van der Waals surface area contributed by atoms with E-state index in [9.17, 15) is 4.79 Å². The summed E-state index contributed by atoms with van der Waals surface area (Å²) < 4.78 is 15.5. The van der Waals surface area contributed by atoms with Crippen LogP contribution in [0.1, 0.15) is 68.2 Å². The minimum atomic E-state index is -0.312. The summed E-state index contributed by atoms with van der Waals surface area (Å²) in [7, 11) is 2.92. The van der Waals surface area contributed by atoms with Gasteiger partial charge in [-0.2, -0.15) is 9.97 Å². The van der Waals surface area contributed by atoms with Crippen LogP contribution in [0, 0.1) is 6.92 Å². The number of ether oxygens (including phenoxy) is 3. The standard InChI is InChI=1S/C20H30N6O4/c1-5-6-7-8-9-10-11-30-18(27)12-15-14(2)24-26-25-16(15)13-17-21-19(28-3)23-20(22-17)29-4/h5-13H2,1-4H3. The third-order valence-corrected chi connectivity index (χ3v) is 4.56. The van der Waals surface area contributed by atoms with Crippen molar-refractivity contribution in [1.29, 1.82) is 0 Å². The number of carbonyl (C=O) groups is 1. The lowest BCUT2D eigenvalue weighted by Gasteiger charge is -2.10. The average Bonchev–Trinajstić information content (AvgIpc) is 2.75. The van der Waals surface area contributed by atoms with Gasteiger partial charge in [0, 0.05) is 5.56 Å². The Morgan fingerprint density at radius 3 is 2.23 bits per heavy atom. The Morgan fingerprint density at radius 2 is 1.57 bits per heavy atom. The Labute approximate surface area is 176 Å². The van der Waals surface area contributed by atoms with Gasteiger partial charge < -0.3 is 14.2 Å². The number of aryl methyl sites for hydroxylation is 1. The quantitative estimate of drug-likeness (QED) is 0.354. The van der Waals surface area contributed by atoms with Gasteiger partial charge in [-0.05, 0) is 18.6 Å². The van der Waals surface area contributed by atoms with E-state index in [0.29, 0.717) is 29.4 Å². The maximum atomic E-state index is 12.3. The molecule has 0 bridgehead atoms. The fourth-order valence-corrected chi connectivity index (χ4v) is 2.90. The minimum Gasteiger partial charge on any atom is -0.467 e. The molecule has 10 heteroatoms. The first kappa shape index (κ1) is 23.4. The molecule has 30 heavy (non-hydrogen) atoms. The first-order chi connectivity index (χ1) is 14.6. The first-order valence-electron chi connectivity index (χ1n) is 10.2. The van der Waals surface area contributed by atoms with Crippen molar-refractivity contribution in [3.8, 4) is 12.0 Å². The number of carbonyl (C=O) groups excluding carboxylic acids is 1. The monoisotopic (exact) mass is 418 g/mol. The van der Waals surface area contributed by atoms with Crippen molar-refractivity contribution in [1.82, 2.24) is 30.4 Å². The minimum absolute atomic E-state index is 0.0683. The van der Waals surface area contributed by atoms with Gasteiger partial charge in [0.1, 0.15) is 5.82 Å². The summed E-state index contributed by atoms with van der Waals surface area (Å²) in [5.74, 6) is 0.0776. The van der Waals surface area contributed by atoms with Crippen molar-refractivity contribution in [3.05, 3.63) is 22.8 Å². The van der Waals surface area contributed by atoms with Gasteiger partial charge in [-0.1, -0.05) is 39.0 Å². The summed E-state index contributed by atoms with van der Waals surface area (Å²) >= 11 is 0. The highest BCUT2D eigenvalue weighted by Gasteiger charge is 2.17. The van der Waals surface area contributed by atoms with Gasteiger partial charge in [0.2, 0.25) is 0 Å². The fraction of sp³-hybridized carbons (Fsp3) is 0.650. The Morgan fingerprint density at radius 1 is 0.900 bits per heavy atom. The van der Waals surface area contributed by atoms with Crippen molar-refractivity contribution in [2.45, 2.75) is 65.2 Å². The summed E-state index contributed by atoms with van der Waals surface area (Å²) in [5, 5.41) is 11.8. The van der Waals surface area contributed by atoms with Crippen LogP contribution in [0.4, 0.5) is 0 Å². The zero-order valence-electron chi connectivity index (χ0n) is 18.2. The van der Waals surface area contributed by atoms with Gasteiger partial charge in [0.25, 0.3) is 0 Å². The Kier molecular flexibility index (Phi) is 9.82. The second-order valence-electron chi connectivity index (χ2n) is 6.87. The molecule has 0 aliphatic carbocycles. The molecule has 0 aliphatic heterocycles. The van der Waals surface area contributed by atoms with Gasteiger partial charge in [-0.25, -0.2) is 0 Å². The molecule has 164 valence electrons. The SMILES string of the molecule is CCCCCCCCOC(=O)Cc1c(C)nnnc1Cc1nc(OC)nc(OC)n1. The molecule has 0 saturated heterocycles. The molecule has 2 rings (SSSR count). The number of esters is 1. The van der Waals surface area contributed by atoms with E-state index >= 15 is 0 Å². The third-order valence-electron chi connectivity index (χ3n) is 4.56. The van der Waals surface area contributed by atoms with Crippen LogP contribution in [-0.4, -0.2) is 57.2 Å². The lowest BCUT2D eigenvalue weighted by Crippen LogP contribution is -2.15. The largest absolute Gasteiger partial charge is 0.467 e. The van der Waals surface area contributed by atoms with Gasteiger partial charge in [-0.3, -0.25) is 4.79 Å². The van der Waals surface area contributed by atoms with Crippen LogP contribution in [0.15, 0.2) is 0 Å². The van der Waals surface area contributed by atoms with Crippen molar-refractivity contribution in [3.63, 3.8) is 0 Å². The van der Waals surface area contributed by atoms with Gasteiger partial charge in [0.05, 0.1) is 45.1 Å². The predicted molar refractivity (Wildman–Crippen MR) is 108 cm³/mol. The number of nitrogens with zero attached hydrogens (tertiary/aromatic N) is 6. The third kappa shape index (κ3) is 7.49. The molecule has 10 nitrogen and oxygen atoms in total. The number of aromatic nitrogens is 6. The number of rotatable bonds is 13. The Hall–Kier alpha value is -2.91. The summed E-state index contributed by atoms with van der Waals surface area (Å²) in [5.41, 5.74) is 1.83. The van der Waals surface area contributed by atoms with Crippen molar-refractivity contribution in [2.75, 3.05) is 20.8 Å².